The molecule has 0 aliphatic carbocycles. The molecule has 1 aromatic heterocycles. The molecule has 0 amide bonds. The molecular formula is C7H4ClNNaS2. The van der Waals surface area contributed by atoms with E-state index in [-0.39, 0.29) is 29.6 Å². The second kappa shape index (κ2) is 4.22. The Morgan fingerprint density at radius 2 is 2.17 bits per heavy atom. The summed E-state index contributed by atoms with van der Waals surface area (Å²) in [6.45, 7) is 0. The van der Waals surface area contributed by atoms with Crippen LogP contribution < -0.4 is 0 Å². The van der Waals surface area contributed by atoms with E-state index in [1.807, 2.05) is 18.2 Å². The molecule has 0 aliphatic rings. The summed E-state index contributed by atoms with van der Waals surface area (Å²) in [7, 11) is 0. The van der Waals surface area contributed by atoms with Crippen molar-refractivity contribution < 1.29 is 0 Å². The first kappa shape index (κ1) is 10.7. The summed E-state index contributed by atoms with van der Waals surface area (Å²) in [4.78, 5) is 3.06. The third-order valence-electron chi connectivity index (χ3n) is 1.38. The van der Waals surface area contributed by atoms with Crippen molar-refractivity contribution in [3.63, 3.8) is 0 Å². The van der Waals surface area contributed by atoms with Crippen LogP contribution in [0, 0.1) is 3.95 Å². The van der Waals surface area contributed by atoms with Crippen molar-refractivity contribution in [3.8, 4) is 0 Å². The van der Waals surface area contributed by atoms with Crippen LogP contribution >= 0.6 is 35.2 Å². The van der Waals surface area contributed by atoms with Gasteiger partial charge in [-0.2, -0.15) is 0 Å². The number of fused-ring (bicyclic) bond motifs is 1. The number of hydrogen-bond acceptors (Lipinski definition) is 2. The van der Waals surface area contributed by atoms with Gasteiger partial charge < -0.3 is 4.98 Å². The molecule has 1 aromatic carbocycles. The van der Waals surface area contributed by atoms with Crippen LogP contribution in [0.3, 0.4) is 0 Å². The van der Waals surface area contributed by atoms with Gasteiger partial charge in [-0.3, -0.25) is 0 Å². The first-order chi connectivity index (χ1) is 5.25. The number of halogens is 1. The van der Waals surface area contributed by atoms with E-state index in [4.69, 9.17) is 23.8 Å². The van der Waals surface area contributed by atoms with Gasteiger partial charge >= 0.3 is 0 Å². The molecule has 0 saturated carbocycles. The summed E-state index contributed by atoms with van der Waals surface area (Å²) in [5.74, 6) is 0. The smallest absolute Gasteiger partial charge is 0.159 e. The van der Waals surface area contributed by atoms with E-state index in [1.165, 1.54) is 0 Å². The van der Waals surface area contributed by atoms with Gasteiger partial charge in [0, 0.05) is 34.6 Å². The zero-order chi connectivity index (χ0) is 7.84. The first-order valence-electron chi connectivity index (χ1n) is 3.04. The Kier molecular flexibility index (Phi) is 3.76. The molecule has 57 valence electrons. The summed E-state index contributed by atoms with van der Waals surface area (Å²) < 4.78 is 1.91. The number of benzene rings is 1. The maximum absolute atomic E-state index is 5.79. The van der Waals surface area contributed by atoms with E-state index in [0.29, 0.717) is 0 Å². The molecule has 0 atom stereocenters. The Morgan fingerprint density at radius 3 is 2.92 bits per heavy atom. The van der Waals surface area contributed by atoms with E-state index < -0.39 is 0 Å². The monoisotopic (exact) mass is 224 g/mol. The van der Waals surface area contributed by atoms with E-state index in [1.54, 1.807) is 11.3 Å². The quantitative estimate of drug-likeness (QED) is 0.537. The van der Waals surface area contributed by atoms with Crippen molar-refractivity contribution in [3.05, 3.63) is 27.2 Å². The molecule has 0 saturated heterocycles. The second-order valence-corrected chi connectivity index (χ2v) is 4.31. The molecule has 0 fully saturated rings. The van der Waals surface area contributed by atoms with Crippen molar-refractivity contribution in [2.45, 2.75) is 0 Å². The van der Waals surface area contributed by atoms with Crippen LogP contribution in [0.15, 0.2) is 18.2 Å². The normalized spacial score (nSPS) is 9.75. The molecule has 0 spiro atoms. The fourth-order valence-electron chi connectivity index (χ4n) is 0.919. The predicted molar refractivity (Wildman–Crippen MR) is 57.8 cm³/mol. The van der Waals surface area contributed by atoms with Crippen LogP contribution in [0.1, 0.15) is 0 Å². The molecule has 5 heteroatoms. The average molecular weight is 225 g/mol. The van der Waals surface area contributed by atoms with Gasteiger partial charge in [-0.15, -0.1) is 11.3 Å². The Hall–Kier alpha value is 0.620. The maximum atomic E-state index is 5.79. The van der Waals surface area contributed by atoms with E-state index in [9.17, 15) is 0 Å². The molecular weight excluding hydrogens is 221 g/mol. The molecule has 1 N–H and O–H groups in total. The Bertz CT molecular complexity index is 448. The van der Waals surface area contributed by atoms with Crippen molar-refractivity contribution >= 4 is 74.9 Å². The Morgan fingerprint density at radius 1 is 1.42 bits per heavy atom. The van der Waals surface area contributed by atoms with Gasteiger partial charge in [0.25, 0.3) is 0 Å². The largest absolute Gasteiger partial charge is 0.337 e. The number of rotatable bonds is 0. The summed E-state index contributed by atoms with van der Waals surface area (Å²) in [6, 6.07) is 5.69. The van der Waals surface area contributed by atoms with Crippen LogP contribution in [0.4, 0.5) is 0 Å². The fourth-order valence-corrected chi connectivity index (χ4v) is 2.31. The second-order valence-electron chi connectivity index (χ2n) is 2.16. The van der Waals surface area contributed by atoms with Crippen molar-refractivity contribution in [1.82, 2.24) is 4.98 Å². The van der Waals surface area contributed by atoms with Crippen molar-refractivity contribution in [2.24, 2.45) is 0 Å². The summed E-state index contributed by atoms with van der Waals surface area (Å²) in [5, 5.41) is 0.753. The number of H-pyrrole nitrogens is 1. The number of thiazole rings is 1. The zero-order valence-electron chi connectivity index (χ0n) is 6.43. The van der Waals surface area contributed by atoms with Crippen LogP contribution in [-0.2, 0) is 0 Å². The van der Waals surface area contributed by atoms with E-state index in [0.717, 1.165) is 19.2 Å². The van der Waals surface area contributed by atoms with Gasteiger partial charge in [0.05, 0.1) is 10.2 Å². The summed E-state index contributed by atoms with van der Waals surface area (Å²) in [6.07, 6.45) is 0. The SMILES string of the molecule is S=c1[nH]c2ccc(Cl)cc2s1.[Na]. The van der Waals surface area contributed by atoms with Crippen molar-refractivity contribution in [2.75, 3.05) is 0 Å². The first-order valence-corrected chi connectivity index (χ1v) is 4.64. The molecule has 1 nitrogen and oxygen atoms in total. The third-order valence-corrected chi connectivity index (χ3v) is 2.82. The van der Waals surface area contributed by atoms with Crippen LogP contribution in [0.25, 0.3) is 10.2 Å². The Balaban J connectivity index is 0.000000720. The third kappa shape index (κ3) is 2.10. The number of aromatic nitrogens is 1. The number of aromatic amines is 1. The fraction of sp³-hybridized carbons (Fsp3) is 0. The summed E-state index contributed by atoms with van der Waals surface area (Å²) in [5.41, 5.74) is 1.06. The minimum Gasteiger partial charge on any atom is -0.337 e. The minimum atomic E-state index is 0. The van der Waals surface area contributed by atoms with E-state index >= 15 is 0 Å². The maximum Gasteiger partial charge on any atom is 0.159 e. The van der Waals surface area contributed by atoms with E-state index in [2.05, 4.69) is 4.98 Å². The molecule has 0 aliphatic heterocycles. The summed E-state index contributed by atoms with van der Waals surface area (Å²) >= 11 is 12.3. The van der Waals surface area contributed by atoms with Crippen LogP contribution in [-0.4, -0.2) is 34.5 Å². The van der Waals surface area contributed by atoms with Gasteiger partial charge in [-0.1, -0.05) is 11.6 Å². The van der Waals surface area contributed by atoms with Gasteiger partial charge in [-0.25, -0.2) is 0 Å². The van der Waals surface area contributed by atoms with Crippen molar-refractivity contribution in [1.29, 1.82) is 0 Å². The number of hydrogen-bond donors (Lipinski definition) is 1. The molecule has 12 heavy (non-hydrogen) atoms. The standard InChI is InChI=1S/C7H4ClNS2.Na/c8-4-1-2-5-6(3-4)11-7(10)9-5;/h1-3H,(H,9,10);. The van der Waals surface area contributed by atoms with Crippen LogP contribution in [0.5, 0.6) is 0 Å². The molecule has 0 unspecified atom stereocenters. The molecule has 1 radical (unpaired) electrons. The average Bonchev–Trinajstić information content (AvgIpc) is 2.27. The number of nitrogens with one attached hydrogen (secondary N) is 1. The van der Waals surface area contributed by atoms with Gasteiger partial charge in [0.2, 0.25) is 0 Å². The molecule has 2 rings (SSSR count). The topological polar surface area (TPSA) is 15.8 Å². The molecule has 2 aromatic rings. The van der Waals surface area contributed by atoms with Gasteiger partial charge in [-0.05, 0) is 30.4 Å². The Labute approximate surface area is 106 Å². The van der Waals surface area contributed by atoms with Crippen LogP contribution in [0.2, 0.25) is 5.02 Å². The minimum absolute atomic E-state index is 0. The van der Waals surface area contributed by atoms with Gasteiger partial charge in [0.15, 0.2) is 3.95 Å². The van der Waals surface area contributed by atoms with Gasteiger partial charge in [0.1, 0.15) is 0 Å². The molecule has 1 heterocycles. The molecule has 0 bridgehead atoms. The zero-order valence-corrected chi connectivity index (χ0v) is 10.8. The predicted octanol–water partition coefficient (Wildman–Crippen LogP) is 3.23.